The average molecular weight is 310 g/mol. The van der Waals surface area contributed by atoms with E-state index in [1.807, 2.05) is 36.4 Å². The normalized spacial score (nSPS) is 18.2. The lowest BCUT2D eigenvalue weighted by molar-refractivity contribution is 0.191. The number of hydrazine groups is 2. The van der Waals surface area contributed by atoms with Crippen LogP contribution in [-0.2, 0) is 0 Å². The Morgan fingerprint density at radius 3 is 2.35 bits per heavy atom. The molecule has 20 heavy (non-hydrogen) atoms. The van der Waals surface area contributed by atoms with Gasteiger partial charge < -0.3 is 4.74 Å². The minimum absolute atomic E-state index is 0.0779. The topological polar surface area (TPSA) is 45.3 Å². The first-order chi connectivity index (χ1) is 9.72. The molecule has 0 radical (unpaired) electrons. The van der Waals surface area contributed by atoms with Crippen LogP contribution in [0.5, 0.6) is 5.75 Å². The Labute approximate surface area is 127 Å². The molecule has 1 fully saturated rings. The number of hydrogen-bond acceptors (Lipinski definition) is 4. The van der Waals surface area contributed by atoms with Crippen molar-refractivity contribution >= 4 is 23.2 Å². The van der Waals surface area contributed by atoms with Gasteiger partial charge in [-0.1, -0.05) is 41.4 Å². The highest BCUT2D eigenvalue weighted by molar-refractivity contribution is 6.42. The molecule has 104 valence electrons. The average Bonchev–Trinajstić information content (AvgIpc) is 2.96. The Kier molecular flexibility index (Phi) is 4.10. The molecular weight excluding hydrogens is 297 g/mol. The second-order valence-corrected chi connectivity index (χ2v) is 5.22. The van der Waals surface area contributed by atoms with Crippen LogP contribution in [0.2, 0.25) is 10.0 Å². The molecule has 1 saturated heterocycles. The Morgan fingerprint density at radius 1 is 0.950 bits per heavy atom. The van der Waals surface area contributed by atoms with Gasteiger partial charge in [0.1, 0.15) is 5.75 Å². The van der Waals surface area contributed by atoms with Crippen LogP contribution in [-0.4, -0.2) is 12.8 Å². The summed E-state index contributed by atoms with van der Waals surface area (Å²) in [5.74, 6) is 0.803. The maximum absolute atomic E-state index is 6.03. The summed E-state index contributed by atoms with van der Waals surface area (Å²) in [5.41, 5.74) is 10.7. The third-order valence-corrected chi connectivity index (χ3v) is 3.73. The zero-order valence-electron chi connectivity index (χ0n) is 10.5. The van der Waals surface area contributed by atoms with Crippen molar-refractivity contribution in [1.29, 1.82) is 0 Å². The van der Waals surface area contributed by atoms with E-state index in [1.165, 1.54) is 0 Å². The first kappa shape index (κ1) is 13.7. The smallest absolute Gasteiger partial charge is 0.177 e. The molecule has 1 atom stereocenters. The molecule has 2 aromatic carbocycles. The zero-order valence-corrected chi connectivity index (χ0v) is 12.0. The fraction of sp³-hybridized carbons (Fsp3) is 0.143. The molecule has 1 unspecified atom stereocenters. The van der Waals surface area contributed by atoms with E-state index in [9.17, 15) is 0 Å². The molecule has 4 nitrogen and oxygen atoms in total. The fourth-order valence-electron chi connectivity index (χ4n) is 1.96. The lowest BCUT2D eigenvalue weighted by Crippen LogP contribution is -2.36. The van der Waals surface area contributed by atoms with Crippen LogP contribution in [0.3, 0.4) is 0 Å². The minimum atomic E-state index is -0.0779. The van der Waals surface area contributed by atoms with Gasteiger partial charge in [0.05, 0.1) is 16.6 Å². The van der Waals surface area contributed by atoms with Crippen LogP contribution in [0, 0.1) is 0 Å². The molecule has 0 aromatic heterocycles. The standard InChI is InChI=1S/C14H13Cl2N3O/c15-12-6-3-10(7-13(12)16)9-1-4-11(5-2-9)20-14-8-17-19-18-14/h1-7,14,17-19H,8H2. The van der Waals surface area contributed by atoms with Crippen molar-refractivity contribution in [3.05, 3.63) is 52.5 Å². The van der Waals surface area contributed by atoms with E-state index in [1.54, 1.807) is 6.07 Å². The molecule has 6 heteroatoms. The van der Waals surface area contributed by atoms with Crippen molar-refractivity contribution in [1.82, 2.24) is 16.4 Å². The number of benzene rings is 2. The molecule has 0 aliphatic carbocycles. The molecule has 3 N–H and O–H groups in total. The van der Waals surface area contributed by atoms with Gasteiger partial charge >= 0.3 is 0 Å². The molecular formula is C14H13Cl2N3O. The number of rotatable bonds is 3. The molecule has 0 saturated carbocycles. The molecule has 1 aliphatic rings. The monoisotopic (exact) mass is 309 g/mol. The highest BCUT2D eigenvalue weighted by Gasteiger charge is 2.14. The summed E-state index contributed by atoms with van der Waals surface area (Å²) < 4.78 is 5.73. The summed E-state index contributed by atoms with van der Waals surface area (Å²) in [5, 5.41) is 1.11. The first-order valence-corrected chi connectivity index (χ1v) is 6.93. The van der Waals surface area contributed by atoms with Crippen molar-refractivity contribution in [3.63, 3.8) is 0 Å². The Morgan fingerprint density at radius 2 is 1.70 bits per heavy atom. The third-order valence-electron chi connectivity index (χ3n) is 2.99. The van der Waals surface area contributed by atoms with Gasteiger partial charge in [0.25, 0.3) is 0 Å². The lowest BCUT2D eigenvalue weighted by atomic mass is 10.1. The van der Waals surface area contributed by atoms with Gasteiger partial charge in [0.15, 0.2) is 6.23 Å². The molecule has 0 bridgehead atoms. The van der Waals surface area contributed by atoms with Crippen LogP contribution in [0.25, 0.3) is 11.1 Å². The van der Waals surface area contributed by atoms with E-state index in [0.717, 1.165) is 16.9 Å². The SMILES string of the molecule is Clc1ccc(-c2ccc(OC3CNNN3)cc2)cc1Cl. The second-order valence-electron chi connectivity index (χ2n) is 4.41. The number of hydrogen-bond donors (Lipinski definition) is 3. The van der Waals surface area contributed by atoms with Crippen molar-refractivity contribution in [2.24, 2.45) is 0 Å². The van der Waals surface area contributed by atoms with Crippen LogP contribution in [0.1, 0.15) is 0 Å². The van der Waals surface area contributed by atoms with Crippen molar-refractivity contribution < 1.29 is 4.74 Å². The quantitative estimate of drug-likeness (QED) is 0.815. The van der Waals surface area contributed by atoms with Crippen LogP contribution < -0.4 is 21.1 Å². The molecule has 1 aliphatic heterocycles. The predicted octanol–water partition coefficient (Wildman–Crippen LogP) is 2.98. The maximum Gasteiger partial charge on any atom is 0.177 e. The summed E-state index contributed by atoms with van der Waals surface area (Å²) >= 11 is 11.9. The van der Waals surface area contributed by atoms with E-state index >= 15 is 0 Å². The number of nitrogens with one attached hydrogen (secondary N) is 3. The van der Waals surface area contributed by atoms with Crippen molar-refractivity contribution in [3.8, 4) is 16.9 Å². The van der Waals surface area contributed by atoms with Crippen molar-refractivity contribution in [2.45, 2.75) is 6.23 Å². The van der Waals surface area contributed by atoms with Crippen LogP contribution >= 0.6 is 23.2 Å². The highest BCUT2D eigenvalue weighted by Crippen LogP contribution is 2.29. The molecule has 1 heterocycles. The highest BCUT2D eigenvalue weighted by atomic mass is 35.5. The number of ether oxygens (including phenoxy) is 1. The van der Waals surface area contributed by atoms with Gasteiger partial charge in [0, 0.05) is 0 Å². The minimum Gasteiger partial charge on any atom is -0.473 e. The summed E-state index contributed by atoms with van der Waals surface area (Å²) in [6.45, 7) is 0.703. The van der Waals surface area contributed by atoms with E-state index in [-0.39, 0.29) is 6.23 Å². The van der Waals surface area contributed by atoms with E-state index < -0.39 is 0 Å². The summed E-state index contributed by atoms with van der Waals surface area (Å²) in [4.78, 5) is 0. The zero-order chi connectivity index (χ0) is 13.9. The summed E-state index contributed by atoms with van der Waals surface area (Å²) in [7, 11) is 0. The maximum atomic E-state index is 6.03. The lowest BCUT2D eigenvalue weighted by Gasteiger charge is -2.12. The van der Waals surface area contributed by atoms with Crippen molar-refractivity contribution in [2.75, 3.05) is 6.54 Å². The van der Waals surface area contributed by atoms with Gasteiger partial charge in [-0.25, -0.2) is 10.9 Å². The third kappa shape index (κ3) is 3.06. The second kappa shape index (κ2) is 5.99. The van der Waals surface area contributed by atoms with Gasteiger partial charge in [-0.15, -0.1) is 0 Å². The van der Waals surface area contributed by atoms with Crippen LogP contribution in [0.4, 0.5) is 0 Å². The number of halogens is 2. The molecule has 3 rings (SSSR count). The molecule has 0 amide bonds. The van der Waals surface area contributed by atoms with E-state index in [2.05, 4.69) is 16.4 Å². The molecule has 0 spiro atoms. The predicted molar refractivity (Wildman–Crippen MR) is 80.6 cm³/mol. The van der Waals surface area contributed by atoms with Gasteiger partial charge in [0.2, 0.25) is 0 Å². The largest absolute Gasteiger partial charge is 0.473 e. The van der Waals surface area contributed by atoms with Gasteiger partial charge in [-0.2, -0.15) is 5.53 Å². The summed E-state index contributed by atoms with van der Waals surface area (Å²) in [6, 6.07) is 13.4. The Balaban J connectivity index is 1.76. The first-order valence-electron chi connectivity index (χ1n) is 6.18. The van der Waals surface area contributed by atoms with Gasteiger partial charge in [-0.3, -0.25) is 0 Å². The van der Waals surface area contributed by atoms with E-state index in [4.69, 9.17) is 27.9 Å². The Hall–Kier alpha value is -1.30. The van der Waals surface area contributed by atoms with Gasteiger partial charge in [-0.05, 0) is 35.4 Å². The molecule has 2 aromatic rings. The Bertz CT molecular complexity index is 598. The van der Waals surface area contributed by atoms with Crippen LogP contribution in [0.15, 0.2) is 42.5 Å². The van der Waals surface area contributed by atoms with E-state index in [0.29, 0.717) is 16.6 Å². The fourth-order valence-corrected chi connectivity index (χ4v) is 2.26. The summed E-state index contributed by atoms with van der Waals surface area (Å²) in [6.07, 6.45) is -0.0779.